The Bertz CT molecular complexity index is 425. The molecule has 0 unspecified atom stereocenters. The topological polar surface area (TPSA) is 37.8 Å². The smallest absolute Gasteiger partial charge is 0.183 e. The highest BCUT2D eigenvalue weighted by molar-refractivity contribution is 7.15. The molecule has 3 nitrogen and oxygen atoms in total. The minimum absolute atomic E-state index is 0.736. The van der Waals surface area contributed by atoms with Crippen LogP contribution in [0.5, 0.6) is 0 Å². The number of hydrogen-bond donors (Lipinski definition) is 1. The average molecular weight is 233 g/mol. The van der Waals surface area contributed by atoms with Crippen molar-refractivity contribution in [3.05, 3.63) is 41.2 Å². The number of nitrogens with zero attached hydrogens (tertiary/aromatic N) is 2. The fourth-order valence-corrected chi connectivity index (χ4v) is 2.33. The summed E-state index contributed by atoms with van der Waals surface area (Å²) in [7, 11) is 0. The summed E-state index contributed by atoms with van der Waals surface area (Å²) < 4.78 is 0. The van der Waals surface area contributed by atoms with Gasteiger partial charge in [0, 0.05) is 17.3 Å². The summed E-state index contributed by atoms with van der Waals surface area (Å²) in [5, 5.41) is 4.27. The summed E-state index contributed by atoms with van der Waals surface area (Å²) in [5.74, 6) is 0. The van der Waals surface area contributed by atoms with Crippen LogP contribution in [0.1, 0.15) is 23.9 Å². The van der Waals surface area contributed by atoms with Crippen LogP contribution in [0.15, 0.2) is 30.6 Å². The standard InChI is InChI=1S/C12H15N3S/c1-2-5-11-9-15-12(16-11)14-8-10-6-3-4-7-13-10/h3-4,6-7,9H,2,5,8H2,1H3,(H,14,15). The molecule has 0 saturated carbocycles. The van der Waals surface area contributed by atoms with E-state index in [-0.39, 0.29) is 0 Å². The highest BCUT2D eigenvalue weighted by atomic mass is 32.1. The molecule has 0 amide bonds. The van der Waals surface area contributed by atoms with Crippen LogP contribution in [0.2, 0.25) is 0 Å². The zero-order chi connectivity index (χ0) is 11.2. The van der Waals surface area contributed by atoms with E-state index in [4.69, 9.17) is 0 Å². The fourth-order valence-electron chi connectivity index (χ4n) is 1.42. The van der Waals surface area contributed by atoms with Crippen molar-refractivity contribution in [1.29, 1.82) is 0 Å². The summed E-state index contributed by atoms with van der Waals surface area (Å²) in [5.41, 5.74) is 1.04. The van der Waals surface area contributed by atoms with E-state index < -0.39 is 0 Å². The highest BCUT2D eigenvalue weighted by Crippen LogP contribution is 2.19. The molecule has 0 bridgehead atoms. The van der Waals surface area contributed by atoms with Crippen LogP contribution in [-0.4, -0.2) is 9.97 Å². The first-order valence-electron chi connectivity index (χ1n) is 5.47. The van der Waals surface area contributed by atoms with Crippen LogP contribution in [0.25, 0.3) is 0 Å². The van der Waals surface area contributed by atoms with Crippen molar-refractivity contribution in [3.63, 3.8) is 0 Å². The maximum atomic E-state index is 4.33. The second kappa shape index (κ2) is 5.61. The Kier molecular flexibility index (Phi) is 3.88. The van der Waals surface area contributed by atoms with Gasteiger partial charge >= 0.3 is 0 Å². The van der Waals surface area contributed by atoms with E-state index in [9.17, 15) is 0 Å². The Hall–Kier alpha value is -1.42. The van der Waals surface area contributed by atoms with Gasteiger partial charge in [-0.2, -0.15) is 0 Å². The van der Waals surface area contributed by atoms with Crippen molar-refractivity contribution in [3.8, 4) is 0 Å². The molecule has 0 atom stereocenters. The van der Waals surface area contributed by atoms with E-state index in [0.29, 0.717) is 0 Å². The average Bonchev–Trinajstić information content (AvgIpc) is 2.76. The minimum atomic E-state index is 0.736. The summed E-state index contributed by atoms with van der Waals surface area (Å²) in [6, 6.07) is 5.92. The molecule has 2 aromatic rings. The number of rotatable bonds is 5. The molecule has 0 radical (unpaired) electrons. The van der Waals surface area contributed by atoms with Crippen LogP contribution in [0.3, 0.4) is 0 Å². The Morgan fingerprint density at radius 1 is 1.31 bits per heavy atom. The summed E-state index contributed by atoms with van der Waals surface area (Å²) >= 11 is 1.73. The molecule has 2 aromatic heterocycles. The zero-order valence-electron chi connectivity index (χ0n) is 9.31. The normalized spacial score (nSPS) is 10.3. The van der Waals surface area contributed by atoms with Gasteiger partial charge in [0.1, 0.15) is 0 Å². The second-order valence-electron chi connectivity index (χ2n) is 3.56. The highest BCUT2D eigenvalue weighted by Gasteiger charge is 2.00. The van der Waals surface area contributed by atoms with Gasteiger partial charge in [-0.05, 0) is 18.6 Å². The molecule has 0 aromatic carbocycles. The maximum absolute atomic E-state index is 4.33. The molecule has 16 heavy (non-hydrogen) atoms. The Balaban J connectivity index is 1.89. The van der Waals surface area contributed by atoms with Gasteiger partial charge in [0.25, 0.3) is 0 Å². The fraction of sp³-hybridized carbons (Fsp3) is 0.333. The number of aromatic nitrogens is 2. The van der Waals surface area contributed by atoms with Gasteiger partial charge < -0.3 is 5.32 Å². The van der Waals surface area contributed by atoms with Gasteiger partial charge in [0.05, 0.1) is 12.2 Å². The SMILES string of the molecule is CCCc1cnc(NCc2ccccn2)s1. The van der Waals surface area contributed by atoms with E-state index in [1.54, 1.807) is 17.5 Å². The Labute approximate surface area is 99.6 Å². The number of pyridine rings is 1. The molecule has 0 aliphatic heterocycles. The molecule has 1 N–H and O–H groups in total. The first kappa shape index (κ1) is 11.1. The van der Waals surface area contributed by atoms with Crippen LogP contribution < -0.4 is 5.32 Å². The molecule has 0 fully saturated rings. The minimum Gasteiger partial charge on any atom is -0.356 e. The molecule has 0 aliphatic rings. The molecule has 0 aliphatic carbocycles. The lowest BCUT2D eigenvalue weighted by Crippen LogP contribution is -2.00. The summed E-state index contributed by atoms with van der Waals surface area (Å²) in [4.78, 5) is 9.92. The van der Waals surface area contributed by atoms with Crippen molar-refractivity contribution in [2.24, 2.45) is 0 Å². The van der Waals surface area contributed by atoms with Crippen LogP contribution in [0.4, 0.5) is 5.13 Å². The van der Waals surface area contributed by atoms with Crippen molar-refractivity contribution in [1.82, 2.24) is 9.97 Å². The van der Waals surface area contributed by atoms with E-state index in [2.05, 4.69) is 22.2 Å². The lowest BCUT2D eigenvalue weighted by molar-refractivity contribution is 0.936. The third-order valence-corrected chi connectivity index (χ3v) is 3.21. The zero-order valence-corrected chi connectivity index (χ0v) is 10.1. The van der Waals surface area contributed by atoms with Crippen molar-refractivity contribution < 1.29 is 0 Å². The van der Waals surface area contributed by atoms with Gasteiger partial charge in [-0.3, -0.25) is 4.98 Å². The van der Waals surface area contributed by atoms with E-state index in [0.717, 1.165) is 23.8 Å². The van der Waals surface area contributed by atoms with Gasteiger partial charge in [0.15, 0.2) is 5.13 Å². The molecular weight excluding hydrogens is 218 g/mol. The number of anilines is 1. The molecule has 84 valence electrons. The van der Waals surface area contributed by atoms with Crippen molar-refractivity contribution >= 4 is 16.5 Å². The Morgan fingerprint density at radius 2 is 2.25 bits per heavy atom. The summed E-state index contributed by atoms with van der Waals surface area (Å²) in [6.07, 6.45) is 6.04. The third-order valence-electron chi connectivity index (χ3n) is 2.20. The lowest BCUT2D eigenvalue weighted by Gasteiger charge is -2.00. The second-order valence-corrected chi connectivity index (χ2v) is 4.67. The quantitative estimate of drug-likeness (QED) is 0.862. The predicted octanol–water partition coefficient (Wildman–Crippen LogP) is 3.10. The maximum Gasteiger partial charge on any atom is 0.183 e. The molecule has 4 heteroatoms. The van der Waals surface area contributed by atoms with Crippen molar-refractivity contribution in [2.75, 3.05) is 5.32 Å². The number of nitrogens with one attached hydrogen (secondary N) is 1. The van der Waals surface area contributed by atoms with Gasteiger partial charge in [-0.1, -0.05) is 19.4 Å². The number of thiazole rings is 1. The van der Waals surface area contributed by atoms with Gasteiger partial charge in [-0.15, -0.1) is 11.3 Å². The molecule has 2 heterocycles. The van der Waals surface area contributed by atoms with E-state index in [1.165, 1.54) is 11.3 Å². The van der Waals surface area contributed by atoms with Crippen LogP contribution in [0, 0.1) is 0 Å². The molecule has 0 saturated heterocycles. The largest absolute Gasteiger partial charge is 0.356 e. The van der Waals surface area contributed by atoms with Gasteiger partial charge in [0.2, 0.25) is 0 Å². The van der Waals surface area contributed by atoms with Crippen molar-refractivity contribution in [2.45, 2.75) is 26.3 Å². The lowest BCUT2D eigenvalue weighted by atomic mass is 10.3. The number of aryl methyl sites for hydroxylation is 1. The molecule has 2 rings (SSSR count). The monoisotopic (exact) mass is 233 g/mol. The first-order valence-corrected chi connectivity index (χ1v) is 6.28. The van der Waals surface area contributed by atoms with Crippen LogP contribution >= 0.6 is 11.3 Å². The number of hydrogen-bond acceptors (Lipinski definition) is 4. The molecular formula is C12H15N3S. The first-order chi connectivity index (χ1) is 7.88. The van der Waals surface area contributed by atoms with E-state index in [1.807, 2.05) is 24.4 Å². The third kappa shape index (κ3) is 3.03. The van der Waals surface area contributed by atoms with Gasteiger partial charge in [-0.25, -0.2) is 4.98 Å². The predicted molar refractivity (Wildman–Crippen MR) is 67.7 cm³/mol. The summed E-state index contributed by atoms with van der Waals surface area (Å²) in [6.45, 7) is 2.92. The Morgan fingerprint density at radius 3 is 3.00 bits per heavy atom. The molecule has 0 spiro atoms. The van der Waals surface area contributed by atoms with Crippen LogP contribution in [-0.2, 0) is 13.0 Å². The van der Waals surface area contributed by atoms with E-state index >= 15 is 0 Å².